The number of rotatable bonds is 1. The van der Waals surface area contributed by atoms with Crippen LogP contribution in [-0.2, 0) is 0 Å². The predicted molar refractivity (Wildman–Crippen MR) is 64.6 cm³/mol. The number of halogens is 1. The highest BCUT2D eigenvalue weighted by Crippen LogP contribution is 2.22. The summed E-state index contributed by atoms with van der Waals surface area (Å²) in [5.41, 5.74) is 7.47. The first-order chi connectivity index (χ1) is 6.77. The second-order valence-electron chi connectivity index (χ2n) is 2.78. The van der Waals surface area contributed by atoms with Crippen LogP contribution in [0.4, 0.5) is 5.95 Å². The molecule has 1 aromatic carbocycles. The van der Waals surface area contributed by atoms with Crippen molar-refractivity contribution in [1.29, 1.82) is 0 Å². The highest BCUT2D eigenvalue weighted by atomic mass is 127. The van der Waals surface area contributed by atoms with E-state index in [0.29, 0.717) is 5.95 Å². The van der Waals surface area contributed by atoms with Crippen LogP contribution in [-0.4, -0.2) is 9.97 Å². The topological polar surface area (TPSA) is 51.8 Å². The van der Waals surface area contributed by atoms with E-state index in [0.717, 1.165) is 14.8 Å². The van der Waals surface area contributed by atoms with E-state index >= 15 is 0 Å². The van der Waals surface area contributed by atoms with Crippen molar-refractivity contribution in [3.8, 4) is 11.3 Å². The van der Waals surface area contributed by atoms with Crippen molar-refractivity contribution in [3.05, 3.63) is 40.1 Å². The third kappa shape index (κ3) is 1.84. The van der Waals surface area contributed by atoms with Crippen molar-refractivity contribution < 1.29 is 0 Å². The fourth-order valence-electron chi connectivity index (χ4n) is 1.19. The van der Waals surface area contributed by atoms with Crippen molar-refractivity contribution in [2.24, 2.45) is 0 Å². The molecular weight excluding hydrogens is 289 g/mol. The summed E-state index contributed by atoms with van der Waals surface area (Å²) in [5, 5.41) is 0. The summed E-state index contributed by atoms with van der Waals surface area (Å²) in [6.07, 6.45) is 1.67. The summed E-state index contributed by atoms with van der Waals surface area (Å²) in [4.78, 5) is 8.03. The Morgan fingerprint density at radius 3 is 2.64 bits per heavy atom. The molecule has 3 nitrogen and oxygen atoms in total. The molecule has 0 unspecified atom stereocenters. The monoisotopic (exact) mass is 297 g/mol. The third-order valence-corrected chi connectivity index (χ3v) is 2.76. The summed E-state index contributed by atoms with van der Waals surface area (Å²) in [5.74, 6) is 0.308. The number of aromatic nitrogens is 2. The predicted octanol–water partition coefficient (Wildman–Crippen LogP) is 2.33. The summed E-state index contributed by atoms with van der Waals surface area (Å²) >= 11 is 2.27. The van der Waals surface area contributed by atoms with Gasteiger partial charge in [-0.15, -0.1) is 0 Å². The van der Waals surface area contributed by atoms with Crippen LogP contribution in [0, 0.1) is 3.57 Å². The van der Waals surface area contributed by atoms with E-state index in [2.05, 4.69) is 32.6 Å². The molecule has 0 atom stereocenters. The van der Waals surface area contributed by atoms with Crippen molar-refractivity contribution in [2.75, 3.05) is 5.73 Å². The maximum absolute atomic E-state index is 5.52. The average Bonchev–Trinajstić information content (AvgIpc) is 2.18. The molecule has 0 fully saturated rings. The van der Waals surface area contributed by atoms with Gasteiger partial charge in [0.25, 0.3) is 0 Å². The van der Waals surface area contributed by atoms with Gasteiger partial charge in [0.05, 0.1) is 5.69 Å². The molecule has 70 valence electrons. The Labute approximate surface area is 95.5 Å². The Morgan fingerprint density at radius 1 is 1.14 bits per heavy atom. The molecule has 1 heterocycles. The first kappa shape index (κ1) is 9.39. The summed E-state index contributed by atoms with van der Waals surface area (Å²) < 4.78 is 1.16. The van der Waals surface area contributed by atoms with Crippen molar-refractivity contribution >= 4 is 28.5 Å². The lowest BCUT2D eigenvalue weighted by Gasteiger charge is -2.03. The highest BCUT2D eigenvalue weighted by molar-refractivity contribution is 14.1. The zero-order valence-electron chi connectivity index (χ0n) is 7.31. The van der Waals surface area contributed by atoms with Gasteiger partial charge in [-0.2, -0.15) is 0 Å². The minimum atomic E-state index is 0.308. The van der Waals surface area contributed by atoms with Crippen molar-refractivity contribution in [1.82, 2.24) is 9.97 Å². The Bertz CT molecular complexity index is 457. The van der Waals surface area contributed by atoms with Crippen molar-refractivity contribution in [2.45, 2.75) is 0 Å². The minimum absolute atomic E-state index is 0.308. The molecule has 0 saturated carbocycles. The van der Waals surface area contributed by atoms with E-state index in [1.165, 1.54) is 0 Å². The quantitative estimate of drug-likeness (QED) is 0.822. The van der Waals surface area contributed by atoms with Crippen LogP contribution in [0.15, 0.2) is 36.5 Å². The van der Waals surface area contributed by atoms with E-state index in [1.54, 1.807) is 6.20 Å². The second-order valence-corrected chi connectivity index (χ2v) is 3.94. The molecule has 0 saturated heterocycles. The molecule has 0 aliphatic carbocycles. The maximum Gasteiger partial charge on any atom is 0.220 e. The van der Waals surface area contributed by atoms with Crippen LogP contribution in [0.2, 0.25) is 0 Å². The van der Waals surface area contributed by atoms with E-state index in [-0.39, 0.29) is 0 Å². The first-order valence-electron chi connectivity index (χ1n) is 4.11. The lowest BCUT2D eigenvalue weighted by Crippen LogP contribution is -1.95. The molecule has 0 spiro atoms. The standard InChI is InChI=1S/C10H8IN3/c11-8-4-2-1-3-7(8)9-5-6-13-10(12)14-9/h1-6H,(H2,12,13,14). The molecule has 2 rings (SSSR count). The molecule has 0 radical (unpaired) electrons. The summed E-state index contributed by atoms with van der Waals surface area (Å²) in [6, 6.07) is 9.89. The lowest BCUT2D eigenvalue weighted by atomic mass is 10.1. The van der Waals surface area contributed by atoms with Crippen molar-refractivity contribution in [3.63, 3.8) is 0 Å². The molecule has 0 aliphatic heterocycles. The Kier molecular flexibility index (Phi) is 2.62. The number of benzene rings is 1. The van der Waals surface area contributed by atoms with Gasteiger partial charge >= 0.3 is 0 Å². The number of hydrogen-bond acceptors (Lipinski definition) is 3. The number of nitrogens with two attached hydrogens (primary N) is 1. The van der Waals surface area contributed by atoms with E-state index in [4.69, 9.17) is 5.73 Å². The van der Waals surface area contributed by atoms with Crippen LogP contribution in [0.3, 0.4) is 0 Å². The van der Waals surface area contributed by atoms with Gasteiger partial charge < -0.3 is 5.73 Å². The zero-order chi connectivity index (χ0) is 9.97. The zero-order valence-corrected chi connectivity index (χ0v) is 9.47. The molecule has 14 heavy (non-hydrogen) atoms. The van der Waals surface area contributed by atoms with Crippen LogP contribution < -0.4 is 5.73 Å². The molecule has 0 aliphatic rings. The number of nitrogens with zero attached hydrogens (tertiary/aromatic N) is 2. The van der Waals surface area contributed by atoms with Gasteiger partial charge in [0.1, 0.15) is 0 Å². The molecule has 0 bridgehead atoms. The van der Waals surface area contributed by atoms with Gasteiger partial charge in [-0.3, -0.25) is 0 Å². The van der Waals surface area contributed by atoms with Gasteiger partial charge in [-0.25, -0.2) is 9.97 Å². The SMILES string of the molecule is Nc1nccc(-c2ccccc2I)n1. The van der Waals surface area contributed by atoms with Gasteiger partial charge in [0.2, 0.25) is 5.95 Å². The second kappa shape index (κ2) is 3.91. The van der Waals surface area contributed by atoms with E-state index < -0.39 is 0 Å². The van der Waals surface area contributed by atoms with Crippen LogP contribution in [0.25, 0.3) is 11.3 Å². The molecule has 0 amide bonds. The summed E-state index contributed by atoms with van der Waals surface area (Å²) in [6.45, 7) is 0. The number of anilines is 1. The van der Waals surface area contributed by atoms with Gasteiger partial charge in [-0.1, -0.05) is 18.2 Å². The van der Waals surface area contributed by atoms with Crippen LogP contribution in [0.5, 0.6) is 0 Å². The lowest BCUT2D eigenvalue weighted by molar-refractivity contribution is 1.19. The third-order valence-electron chi connectivity index (χ3n) is 1.82. The Morgan fingerprint density at radius 2 is 1.93 bits per heavy atom. The van der Waals surface area contributed by atoms with E-state index in [1.807, 2.05) is 30.3 Å². The minimum Gasteiger partial charge on any atom is -0.368 e. The van der Waals surface area contributed by atoms with Gasteiger partial charge in [-0.05, 0) is 34.7 Å². The molecule has 2 N–H and O–H groups in total. The fraction of sp³-hybridized carbons (Fsp3) is 0. The molecule has 4 heteroatoms. The Balaban J connectivity index is 2.55. The average molecular weight is 297 g/mol. The molecule has 1 aromatic heterocycles. The van der Waals surface area contributed by atoms with Gasteiger partial charge in [0, 0.05) is 15.3 Å². The maximum atomic E-state index is 5.52. The smallest absolute Gasteiger partial charge is 0.220 e. The molecule has 2 aromatic rings. The fourth-order valence-corrected chi connectivity index (χ4v) is 1.86. The number of hydrogen-bond donors (Lipinski definition) is 1. The first-order valence-corrected chi connectivity index (χ1v) is 5.18. The Hall–Kier alpha value is -1.17. The van der Waals surface area contributed by atoms with Gasteiger partial charge in [0.15, 0.2) is 0 Å². The highest BCUT2D eigenvalue weighted by Gasteiger charge is 2.03. The molecular formula is C10H8IN3. The normalized spacial score (nSPS) is 10.1. The van der Waals surface area contributed by atoms with E-state index in [9.17, 15) is 0 Å². The van der Waals surface area contributed by atoms with Crippen LogP contribution in [0.1, 0.15) is 0 Å². The van der Waals surface area contributed by atoms with Crippen LogP contribution >= 0.6 is 22.6 Å². The number of nitrogen functional groups attached to an aromatic ring is 1. The summed E-state index contributed by atoms with van der Waals surface area (Å²) in [7, 11) is 0. The largest absolute Gasteiger partial charge is 0.368 e.